The van der Waals surface area contributed by atoms with Crippen LogP contribution in [0.5, 0.6) is 5.75 Å². The third-order valence-corrected chi connectivity index (χ3v) is 6.59. The molecule has 2 fully saturated rings. The van der Waals surface area contributed by atoms with Gasteiger partial charge in [-0.3, -0.25) is 0 Å². The second-order valence-electron chi connectivity index (χ2n) is 7.09. The van der Waals surface area contributed by atoms with E-state index in [-0.39, 0.29) is 11.3 Å². The van der Waals surface area contributed by atoms with Gasteiger partial charge in [-0.2, -0.15) is 8.75 Å². The molecular weight excluding hydrogens is 433 g/mol. The molecule has 0 saturated carbocycles. The first-order valence-corrected chi connectivity index (χ1v) is 11.0. The summed E-state index contributed by atoms with van der Waals surface area (Å²) >= 11 is 2.89. The van der Waals surface area contributed by atoms with E-state index in [1.165, 1.54) is 49.8 Å². The van der Waals surface area contributed by atoms with Gasteiger partial charge >= 0.3 is 11.9 Å². The van der Waals surface area contributed by atoms with Crippen molar-refractivity contribution in [3.8, 4) is 5.75 Å². The van der Waals surface area contributed by atoms with E-state index < -0.39 is 11.9 Å². The summed E-state index contributed by atoms with van der Waals surface area (Å²) in [5.74, 6) is -2.01. The Balaban J connectivity index is 0.000000377. The molecule has 2 aromatic rings. The molecule has 162 valence electrons. The van der Waals surface area contributed by atoms with E-state index in [0.29, 0.717) is 11.7 Å². The van der Waals surface area contributed by atoms with Gasteiger partial charge in [0.25, 0.3) is 0 Å². The number of carbonyl (C=O) groups is 2. The van der Waals surface area contributed by atoms with Crippen LogP contribution < -0.4 is 4.74 Å². The highest BCUT2D eigenvalue weighted by molar-refractivity contribution is 7.99. The van der Waals surface area contributed by atoms with Gasteiger partial charge in [0, 0.05) is 19.0 Å². The molecular formula is C19H22FN3O5S2. The number of piperidine rings is 1. The maximum absolute atomic E-state index is 13.0. The van der Waals surface area contributed by atoms with Gasteiger partial charge in [-0.15, -0.1) is 0 Å². The SMILES string of the molecule is CC(Oc1ccc(F)cc1)Sc1nsnc1C1CN2CCCC1C2.O=C(O)C(=O)O. The molecule has 0 amide bonds. The van der Waals surface area contributed by atoms with Crippen LogP contribution in [0.2, 0.25) is 0 Å². The van der Waals surface area contributed by atoms with Crippen molar-refractivity contribution in [1.82, 2.24) is 13.6 Å². The van der Waals surface area contributed by atoms with Crippen LogP contribution in [-0.2, 0) is 9.59 Å². The zero-order valence-corrected chi connectivity index (χ0v) is 17.9. The summed E-state index contributed by atoms with van der Waals surface area (Å²) in [6.45, 7) is 5.52. The number of aromatic nitrogens is 2. The minimum absolute atomic E-state index is 0.0980. The van der Waals surface area contributed by atoms with Crippen molar-refractivity contribution >= 4 is 35.4 Å². The zero-order valence-electron chi connectivity index (χ0n) is 16.2. The Labute approximate surface area is 181 Å². The number of rotatable bonds is 5. The van der Waals surface area contributed by atoms with Crippen LogP contribution in [0, 0.1) is 11.7 Å². The molecule has 4 unspecified atom stereocenters. The average molecular weight is 456 g/mol. The first-order chi connectivity index (χ1) is 14.3. The Hall–Kier alpha value is -2.24. The van der Waals surface area contributed by atoms with Crippen molar-refractivity contribution in [2.75, 3.05) is 19.6 Å². The smallest absolute Gasteiger partial charge is 0.414 e. The molecule has 0 radical (unpaired) electrons. The van der Waals surface area contributed by atoms with Crippen LogP contribution in [0.1, 0.15) is 31.4 Å². The molecule has 1 aromatic carbocycles. The lowest BCUT2D eigenvalue weighted by molar-refractivity contribution is -0.159. The molecule has 3 heterocycles. The Morgan fingerprint density at radius 3 is 2.57 bits per heavy atom. The quantitative estimate of drug-likeness (QED) is 0.399. The highest BCUT2D eigenvalue weighted by Crippen LogP contribution is 2.41. The summed E-state index contributed by atoms with van der Waals surface area (Å²) in [7, 11) is 0. The molecule has 2 aliphatic rings. The number of nitrogens with zero attached hydrogens (tertiary/aromatic N) is 3. The Morgan fingerprint density at radius 1 is 1.23 bits per heavy atom. The number of benzene rings is 1. The molecule has 0 aliphatic carbocycles. The van der Waals surface area contributed by atoms with Crippen molar-refractivity contribution in [3.63, 3.8) is 0 Å². The number of carboxylic acid groups (broad SMARTS) is 2. The topological polar surface area (TPSA) is 113 Å². The van der Waals surface area contributed by atoms with E-state index in [1.54, 1.807) is 23.9 Å². The number of hydrogen-bond acceptors (Lipinski definition) is 8. The Kier molecular flexibility index (Phi) is 7.62. The van der Waals surface area contributed by atoms with E-state index in [2.05, 4.69) is 13.6 Å². The number of halogens is 1. The lowest BCUT2D eigenvalue weighted by Gasteiger charge is -2.21. The first-order valence-electron chi connectivity index (χ1n) is 9.43. The highest BCUT2D eigenvalue weighted by Gasteiger charge is 2.39. The second kappa shape index (κ2) is 10.2. The predicted molar refractivity (Wildman–Crippen MR) is 109 cm³/mol. The van der Waals surface area contributed by atoms with Gasteiger partial charge in [-0.25, -0.2) is 14.0 Å². The standard InChI is InChI=1S/C17H20FN3OS2.C2H2O4/c1-11(22-14-6-4-13(18)5-7-14)23-17-16(19-24-20-17)15-10-21-8-2-3-12(15)9-21;3-1(4)2(5)6/h4-7,11-12,15H,2-3,8-10H2,1H3;(H,3,4)(H,5,6). The van der Waals surface area contributed by atoms with Gasteiger partial charge in [-0.05, 0) is 56.5 Å². The highest BCUT2D eigenvalue weighted by atomic mass is 32.2. The fourth-order valence-corrected chi connectivity index (χ4v) is 5.34. The summed E-state index contributed by atoms with van der Waals surface area (Å²) in [5.41, 5.74) is 1.05. The van der Waals surface area contributed by atoms with Crippen molar-refractivity contribution in [2.24, 2.45) is 5.92 Å². The largest absolute Gasteiger partial charge is 0.480 e. The lowest BCUT2D eigenvalue weighted by atomic mass is 9.89. The van der Waals surface area contributed by atoms with Crippen molar-refractivity contribution in [1.29, 1.82) is 0 Å². The number of hydrogen-bond donors (Lipinski definition) is 2. The molecule has 8 nitrogen and oxygen atoms in total. The van der Waals surface area contributed by atoms with Gasteiger partial charge in [0.2, 0.25) is 0 Å². The van der Waals surface area contributed by atoms with Crippen LogP contribution in [0.25, 0.3) is 0 Å². The van der Waals surface area contributed by atoms with E-state index in [9.17, 15) is 4.39 Å². The fraction of sp³-hybridized carbons (Fsp3) is 0.474. The minimum Gasteiger partial charge on any atom is -0.480 e. The minimum atomic E-state index is -1.82. The first kappa shape index (κ1) is 22.4. The number of carboxylic acids is 2. The molecule has 11 heteroatoms. The molecule has 2 saturated heterocycles. The molecule has 4 rings (SSSR count). The summed E-state index contributed by atoms with van der Waals surface area (Å²) < 4.78 is 28.0. The third-order valence-electron chi connectivity index (χ3n) is 4.98. The van der Waals surface area contributed by atoms with E-state index >= 15 is 0 Å². The Bertz CT molecular complexity index is 867. The van der Waals surface area contributed by atoms with Crippen molar-refractivity contribution in [3.05, 3.63) is 35.8 Å². The van der Waals surface area contributed by atoms with E-state index in [0.717, 1.165) is 23.2 Å². The molecule has 0 spiro atoms. The molecule has 4 atom stereocenters. The maximum Gasteiger partial charge on any atom is 0.414 e. The number of aliphatic carboxylic acids is 2. The van der Waals surface area contributed by atoms with Crippen LogP contribution >= 0.6 is 23.5 Å². The number of fused-ring (bicyclic) bond motifs is 2. The van der Waals surface area contributed by atoms with Gasteiger partial charge in [0.05, 0.1) is 17.4 Å². The second-order valence-corrected chi connectivity index (χ2v) is 8.91. The average Bonchev–Trinajstić information content (AvgIpc) is 3.27. The van der Waals surface area contributed by atoms with Gasteiger partial charge in [-0.1, -0.05) is 11.8 Å². The van der Waals surface area contributed by atoms with Crippen LogP contribution in [0.3, 0.4) is 0 Å². The summed E-state index contributed by atoms with van der Waals surface area (Å²) in [6.07, 6.45) is 2.59. The summed E-state index contributed by atoms with van der Waals surface area (Å²) in [4.78, 5) is 20.7. The van der Waals surface area contributed by atoms with Gasteiger partial charge < -0.3 is 19.8 Å². The predicted octanol–water partition coefficient (Wildman–Crippen LogP) is 3.16. The fourth-order valence-electron chi connectivity index (χ4n) is 3.70. The van der Waals surface area contributed by atoms with Crippen molar-refractivity contribution in [2.45, 2.75) is 36.1 Å². The van der Waals surface area contributed by atoms with Crippen LogP contribution in [0.15, 0.2) is 29.3 Å². The monoisotopic (exact) mass is 455 g/mol. The number of thioether (sulfide) groups is 1. The molecule has 2 aliphatic heterocycles. The van der Waals surface area contributed by atoms with Gasteiger partial charge in [0.15, 0.2) is 0 Å². The van der Waals surface area contributed by atoms with Crippen molar-refractivity contribution < 1.29 is 28.9 Å². The molecule has 30 heavy (non-hydrogen) atoms. The zero-order chi connectivity index (χ0) is 21.7. The summed E-state index contributed by atoms with van der Waals surface area (Å²) in [6, 6.07) is 6.13. The third kappa shape index (κ3) is 5.89. The van der Waals surface area contributed by atoms with Crippen LogP contribution in [0.4, 0.5) is 4.39 Å². The normalized spacial score (nSPS) is 23.2. The molecule has 1 aromatic heterocycles. The van der Waals surface area contributed by atoms with E-state index in [1.807, 2.05) is 6.92 Å². The molecule has 2 N–H and O–H groups in total. The lowest BCUT2D eigenvalue weighted by Crippen LogP contribution is -2.25. The number of ether oxygens (including phenoxy) is 1. The maximum atomic E-state index is 13.0. The molecule has 2 bridgehead atoms. The van der Waals surface area contributed by atoms with Crippen LogP contribution in [-0.4, -0.2) is 60.9 Å². The van der Waals surface area contributed by atoms with E-state index in [4.69, 9.17) is 24.5 Å². The Morgan fingerprint density at radius 2 is 1.93 bits per heavy atom. The summed E-state index contributed by atoms with van der Waals surface area (Å²) in [5, 5.41) is 15.8. The van der Waals surface area contributed by atoms with Gasteiger partial charge in [0.1, 0.15) is 22.0 Å².